The largest absolute Gasteiger partial charge is 0.481 e. The van der Waals surface area contributed by atoms with Gasteiger partial charge in [0.15, 0.2) is 0 Å². The van der Waals surface area contributed by atoms with Gasteiger partial charge in [-0.1, -0.05) is 46.5 Å². The third-order valence-electron chi connectivity index (χ3n) is 4.18. The molecule has 0 saturated heterocycles. The van der Waals surface area contributed by atoms with Crippen LogP contribution in [0.15, 0.2) is 0 Å². The molecule has 0 fully saturated rings. The number of rotatable bonds is 13. The number of unbranched alkanes of at least 4 members (excludes halogenated alkanes) is 1. The predicted octanol–water partition coefficient (Wildman–Crippen LogP) is 3.97. The van der Waals surface area contributed by atoms with Crippen molar-refractivity contribution >= 4 is 11.9 Å². The lowest BCUT2D eigenvalue weighted by Crippen LogP contribution is -2.29. The van der Waals surface area contributed by atoms with Gasteiger partial charge in [0.25, 0.3) is 0 Å². The maximum absolute atomic E-state index is 10.3. The second-order valence-corrected chi connectivity index (χ2v) is 7.11. The summed E-state index contributed by atoms with van der Waals surface area (Å²) in [5.74, 6) is -1.67. The van der Waals surface area contributed by atoms with Crippen LogP contribution in [-0.2, 0) is 9.59 Å². The predicted molar refractivity (Wildman–Crippen MR) is 98.7 cm³/mol. The Labute approximate surface area is 152 Å². The molecule has 1 unspecified atom stereocenters. The van der Waals surface area contributed by atoms with Crippen LogP contribution in [0.1, 0.15) is 98.3 Å². The SMILES string of the molecule is CCCC(O)(CCC)CCC(=O)O.CCCCC(C)(O)CCC(=O)O. The molecular weight excluding hydrogens is 324 g/mol. The van der Waals surface area contributed by atoms with Gasteiger partial charge in [-0.25, -0.2) is 0 Å². The standard InChI is InChI=1S/C10H20O3.C9H18O3/c1-3-6-10(13,7-4-2)8-5-9(11)12;1-3-4-6-9(2,12)7-5-8(10)11/h13H,3-8H2,1-2H3,(H,11,12);12H,3-7H2,1-2H3,(H,10,11). The van der Waals surface area contributed by atoms with Crippen molar-refractivity contribution < 1.29 is 30.0 Å². The summed E-state index contributed by atoms with van der Waals surface area (Å²) in [6, 6.07) is 0. The van der Waals surface area contributed by atoms with Gasteiger partial charge in [-0.15, -0.1) is 0 Å². The first kappa shape index (κ1) is 26.1. The van der Waals surface area contributed by atoms with Crippen LogP contribution in [0.3, 0.4) is 0 Å². The Kier molecular flexibility index (Phi) is 14.7. The lowest BCUT2D eigenvalue weighted by molar-refractivity contribution is -0.139. The fourth-order valence-electron chi connectivity index (χ4n) is 2.70. The van der Waals surface area contributed by atoms with E-state index in [0.717, 1.165) is 25.7 Å². The van der Waals surface area contributed by atoms with E-state index in [-0.39, 0.29) is 12.8 Å². The van der Waals surface area contributed by atoms with Crippen LogP contribution in [0.4, 0.5) is 0 Å². The molecule has 0 rings (SSSR count). The van der Waals surface area contributed by atoms with Crippen molar-refractivity contribution in [3.63, 3.8) is 0 Å². The Hall–Kier alpha value is -1.14. The Morgan fingerprint density at radius 3 is 1.52 bits per heavy atom. The summed E-state index contributed by atoms with van der Waals surface area (Å²) in [6.45, 7) is 7.75. The topological polar surface area (TPSA) is 115 Å². The molecule has 0 aliphatic heterocycles. The zero-order valence-corrected chi connectivity index (χ0v) is 16.4. The first-order chi connectivity index (χ1) is 11.5. The number of aliphatic carboxylic acids is 2. The van der Waals surface area contributed by atoms with E-state index in [1.165, 1.54) is 0 Å². The van der Waals surface area contributed by atoms with Crippen molar-refractivity contribution in [1.29, 1.82) is 0 Å². The van der Waals surface area contributed by atoms with Crippen LogP contribution in [0, 0.1) is 0 Å². The summed E-state index contributed by atoms with van der Waals surface area (Å²) in [4.78, 5) is 20.6. The molecule has 0 bridgehead atoms. The van der Waals surface area contributed by atoms with Gasteiger partial charge in [-0.05, 0) is 39.0 Å². The Bertz CT molecular complexity index is 359. The molecule has 0 aromatic heterocycles. The third kappa shape index (κ3) is 17.5. The maximum Gasteiger partial charge on any atom is 0.303 e. The van der Waals surface area contributed by atoms with Crippen molar-refractivity contribution in [2.75, 3.05) is 0 Å². The molecule has 0 aliphatic rings. The minimum Gasteiger partial charge on any atom is -0.481 e. The molecule has 0 radical (unpaired) electrons. The van der Waals surface area contributed by atoms with Crippen molar-refractivity contribution in [3.05, 3.63) is 0 Å². The number of hydrogen-bond donors (Lipinski definition) is 4. The van der Waals surface area contributed by atoms with Crippen LogP contribution in [0.25, 0.3) is 0 Å². The maximum atomic E-state index is 10.3. The van der Waals surface area contributed by atoms with Crippen molar-refractivity contribution in [1.82, 2.24) is 0 Å². The molecule has 6 heteroatoms. The summed E-state index contributed by atoms with van der Waals surface area (Å²) in [5, 5.41) is 36.5. The summed E-state index contributed by atoms with van der Waals surface area (Å²) >= 11 is 0. The molecule has 0 heterocycles. The minimum absolute atomic E-state index is 0.0523. The fraction of sp³-hybridized carbons (Fsp3) is 0.895. The lowest BCUT2D eigenvalue weighted by atomic mass is 9.88. The van der Waals surface area contributed by atoms with E-state index in [2.05, 4.69) is 0 Å². The zero-order valence-electron chi connectivity index (χ0n) is 16.4. The molecule has 0 spiro atoms. The van der Waals surface area contributed by atoms with Gasteiger partial charge in [0, 0.05) is 12.8 Å². The highest BCUT2D eigenvalue weighted by Crippen LogP contribution is 2.24. The second kappa shape index (κ2) is 14.1. The van der Waals surface area contributed by atoms with Gasteiger partial charge in [-0.2, -0.15) is 0 Å². The Balaban J connectivity index is 0. The number of aliphatic hydroxyl groups is 2. The Morgan fingerprint density at radius 2 is 1.16 bits per heavy atom. The fourth-order valence-corrected chi connectivity index (χ4v) is 2.70. The van der Waals surface area contributed by atoms with Crippen LogP contribution >= 0.6 is 0 Å². The number of carboxylic acids is 2. The average molecular weight is 363 g/mol. The second-order valence-electron chi connectivity index (χ2n) is 7.11. The van der Waals surface area contributed by atoms with E-state index < -0.39 is 23.1 Å². The quantitative estimate of drug-likeness (QED) is 0.394. The molecule has 6 nitrogen and oxygen atoms in total. The van der Waals surface area contributed by atoms with Crippen molar-refractivity contribution in [2.45, 2.75) is 110 Å². The van der Waals surface area contributed by atoms with E-state index in [9.17, 15) is 19.8 Å². The van der Waals surface area contributed by atoms with E-state index in [4.69, 9.17) is 10.2 Å². The minimum atomic E-state index is -0.841. The molecule has 0 saturated carbocycles. The monoisotopic (exact) mass is 362 g/mol. The first-order valence-electron chi connectivity index (χ1n) is 9.40. The summed E-state index contributed by atoms with van der Waals surface area (Å²) in [6.07, 6.45) is 6.72. The summed E-state index contributed by atoms with van der Waals surface area (Å²) in [7, 11) is 0. The first-order valence-corrected chi connectivity index (χ1v) is 9.40. The van der Waals surface area contributed by atoms with E-state index >= 15 is 0 Å². The van der Waals surface area contributed by atoms with Crippen molar-refractivity contribution in [2.24, 2.45) is 0 Å². The average Bonchev–Trinajstić information content (AvgIpc) is 2.51. The normalized spacial score (nSPS) is 13.5. The molecule has 25 heavy (non-hydrogen) atoms. The lowest BCUT2D eigenvalue weighted by Gasteiger charge is -2.26. The molecule has 150 valence electrons. The van der Waals surface area contributed by atoms with Gasteiger partial charge in [0.2, 0.25) is 0 Å². The van der Waals surface area contributed by atoms with Crippen LogP contribution < -0.4 is 0 Å². The molecular formula is C19H38O6. The highest BCUT2D eigenvalue weighted by atomic mass is 16.4. The molecule has 0 aliphatic carbocycles. The number of carbonyl (C=O) groups is 2. The molecule has 4 N–H and O–H groups in total. The van der Waals surface area contributed by atoms with Gasteiger partial charge in [0.05, 0.1) is 11.2 Å². The van der Waals surface area contributed by atoms with Crippen LogP contribution in [0.2, 0.25) is 0 Å². The smallest absolute Gasteiger partial charge is 0.303 e. The Morgan fingerprint density at radius 1 is 0.720 bits per heavy atom. The molecule has 1 atom stereocenters. The number of carboxylic acid groups (broad SMARTS) is 2. The van der Waals surface area contributed by atoms with Crippen molar-refractivity contribution in [3.8, 4) is 0 Å². The van der Waals surface area contributed by atoms with E-state index in [1.54, 1.807) is 6.92 Å². The van der Waals surface area contributed by atoms with Gasteiger partial charge in [-0.3, -0.25) is 9.59 Å². The van der Waals surface area contributed by atoms with Crippen LogP contribution in [-0.4, -0.2) is 43.6 Å². The molecule has 0 aromatic rings. The van der Waals surface area contributed by atoms with E-state index in [0.29, 0.717) is 32.1 Å². The zero-order chi connectivity index (χ0) is 19.9. The van der Waals surface area contributed by atoms with Gasteiger partial charge in [0.1, 0.15) is 0 Å². The summed E-state index contributed by atoms with van der Waals surface area (Å²) < 4.78 is 0. The van der Waals surface area contributed by atoms with Gasteiger partial charge < -0.3 is 20.4 Å². The molecule has 0 aromatic carbocycles. The van der Waals surface area contributed by atoms with E-state index in [1.807, 2.05) is 20.8 Å². The van der Waals surface area contributed by atoms with Crippen LogP contribution in [0.5, 0.6) is 0 Å². The van der Waals surface area contributed by atoms with Gasteiger partial charge >= 0.3 is 11.9 Å². The number of hydrogen-bond acceptors (Lipinski definition) is 4. The molecule has 0 amide bonds. The highest BCUT2D eigenvalue weighted by Gasteiger charge is 2.25. The summed E-state index contributed by atoms with van der Waals surface area (Å²) in [5.41, 5.74) is -1.55. The highest BCUT2D eigenvalue weighted by molar-refractivity contribution is 5.67. The third-order valence-corrected chi connectivity index (χ3v) is 4.18.